The first-order chi connectivity index (χ1) is 24.8. The predicted molar refractivity (Wildman–Crippen MR) is 185 cm³/mol. The molecule has 276 valence electrons. The molecule has 1 saturated heterocycles. The summed E-state index contributed by atoms with van der Waals surface area (Å²) in [6.45, 7) is 2.45. The van der Waals surface area contributed by atoms with E-state index in [1.54, 1.807) is 19.1 Å². The zero-order valence-corrected chi connectivity index (χ0v) is 29.4. The second-order valence-electron chi connectivity index (χ2n) is 12.3. The molecular formula is C37H38F4N4O6S. The number of carbonyl (C=O) groups excluding carboxylic acids is 2. The molecule has 0 aliphatic carbocycles. The van der Waals surface area contributed by atoms with Gasteiger partial charge in [-0.25, -0.2) is 30.8 Å². The summed E-state index contributed by atoms with van der Waals surface area (Å²) in [6, 6.07) is 14.8. The number of sulfonamides is 1. The number of carbonyl (C=O) groups is 2. The van der Waals surface area contributed by atoms with Crippen LogP contribution in [0.4, 0.5) is 28.0 Å². The molecule has 4 aromatic rings. The Kier molecular flexibility index (Phi) is 12.2. The number of methoxy groups -OCH3 is 2. The highest BCUT2D eigenvalue weighted by atomic mass is 32.2. The van der Waals surface area contributed by atoms with Crippen LogP contribution < -0.4 is 20.7 Å². The Balaban J connectivity index is 1.46. The highest BCUT2D eigenvalue weighted by molar-refractivity contribution is 7.89. The molecule has 0 spiro atoms. The van der Waals surface area contributed by atoms with Crippen molar-refractivity contribution >= 4 is 27.7 Å². The smallest absolute Gasteiger partial charge is 0.407 e. The summed E-state index contributed by atoms with van der Waals surface area (Å²) in [6.07, 6.45) is -0.913. The van der Waals surface area contributed by atoms with Crippen molar-refractivity contribution in [3.63, 3.8) is 0 Å². The van der Waals surface area contributed by atoms with Crippen LogP contribution in [0.1, 0.15) is 36.0 Å². The van der Waals surface area contributed by atoms with Crippen LogP contribution in [0.5, 0.6) is 5.75 Å². The molecule has 15 heteroatoms. The fourth-order valence-electron chi connectivity index (χ4n) is 6.47. The average Bonchev–Trinajstić information content (AvgIpc) is 3.11. The molecule has 0 saturated carbocycles. The van der Waals surface area contributed by atoms with Gasteiger partial charge in [0.1, 0.15) is 35.1 Å². The van der Waals surface area contributed by atoms with Crippen molar-refractivity contribution in [2.24, 2.45) is 0 Å². The van der Waals surface area contributed by atoms with Crippen molar-refractivity contribution < 1.29 is 45.0 Å². The molecule has 3 N–H and O–H groups in total. The summed E-state index contributed by atoms with van der Waals surface area (Å²) in [5.41, 5.74) is 0.242. The van der Waals surface area contributed by atoms with Crippen molar-refractivity contribution in [3.8, 4) is 5.75 Å². The fourth-order valence-corrected chi connectivity index (χ4v) is 8.31. The number of hydrogen-bond acceptors (Lipinski definition) is 7. The maximum Gasteiger partial charge on any atom is 0.407 e. The Bertz CT molecular complexity index is 1980. The first-order valence-corrected chi connectivity index (χ1v) is 17.8. The minimum absolute atomic E-state index is 0.0123. The van der Waals surface area contributed by atoms with E-state index in [4.69, 9.17) is 9.47 Å². The van der Waals surface area contributed by atoms with E-state index >= 15 is 4.39 Å². The number of ether oxygens (including phenoxy) is 2. The lowest BCUT2D eigenvalue weighted by molar-refractivity contribution is -0.118. The minimum Gasteiger partial charge on any atom is -0.497 e. The van der Waals surface area contributed by atoms with E-state index in [9.17, 15) is 31.2 Å². The standard InChI is InChI=1S/C37H38F4N4O6S/c1-22-20-42-21-28(45(22)52(48,49)30-14-12-29(50-2)13-15-30)11-16-31-32(41)5-4-6-33(31)43-36(46)35(44-37(47)51-3)34(23-7-9-25(38)10-8-23)24-17-26(39)19-27(40)18-24/h4-10,12-15,17-19,22,28,34-35,42H,11,16,20-21H2,1-3H3,(H,43,46)(H,44,47)/t22-,28-,34?,35?/m0/s1. The van der Waals surface area contributed by atoms with Crippen molar-refractivity contribution in [2.75, 3.05) is 32.6 Å². The number of piperazine rings is 1. The monoisotopic (exact) mass is 742 g/mol. The first kappa shape index (κ1) is 38.2. The number of alkyl carbamates (subject to hydrolysis) is 1. The Labute approximate surface area is 299 Å². The summed E-state index contributed by atoms with van der Waals surface area (Å²) in [4.78, 5) is 26.7. The van der Waals surface area contributed by atoms with Gasteiger partial charge in [-0.2, -0.15) is 4.31 Å². The van der Waals surface area contributed by atoms with E-state index in [2.05, 4.69) is 16.0 Å². The molecule has 4 atom stereocenters. The second-order valence-corrected chi connectivity index (χ2v) is 14.2. The molecule has 52 heavy (non-hydrogen) atoms. The van der Waals surface area contributed by atoms with Gasteiger partial charge in [0.2, 0.25) is 15.9 Å². The van der Waals surface area contributed by atoms with Crippen LogP contribution in [-0.2, 0) is 26.0 Å². The summed E-state index contributed by atoms with van der Waals surface area (Å²) in [5, 5.41) is 8.29. The largest absolute Gasteiger partial charge is 0.497 e. The highest BCUT2D eigenvalue weighted by Gasteiger charge is 2.38. The molecule has 0 bridgehead atoms. The molecule has 5 rings (SSSR count). The molecule has 1 heterocycles. The van der Waals surface area contributed by atoms with Crippen molar-refractivity contribution in [3.05, 3.63) is 125 Å². The van der Waals surface area contributed by atoms with Gasteiger partial charge < -0.3 is 25.4 Å². The molecule has 10 nitrogen and oxygen atoms in total. The Morgan fingerprint density at radius 1 is 0.885 bits per heavy atom. The van der Waals surface area contributed by atoms with E-state index in [0.29, 0.717) is 18.4 Å². The van der Waals surface area contributed by atoms with Gasteiger partial charge in [0.15, 0.2) is 0 Å². The number of hydrogen-bond donors (Lipinski definition) is 3. The van der Waals surface area contributed by atoms with Crippen LogP contribution >= 0.6 is 0 Å². The molecule has 1 aliphatic heterocycles. The van der Waals surface area contributed by atoms with Gasteiger partial charge in [0.05, 0.1) is 19.1 Å². The van der Waals surface area contributed by atoms with Gasteiger partial charge >= 0.3 is 6.09 Å². The SMILES string of the molecule is COC(=O)NC(C(=O)Nc1cccc(F)c1CC[C@H]1CNC[C@H](C)N1S(=O)(=O)c1ccc(OC)cc1)C(c1ccc(F)cc1)c1cc(F)cc(F)c1. The topological polar surface area (TPSA) is 126 Å². The highest BCUT2D eigenvalue weighted by Crippen LogP contribution is 2.33. The summed E-state index contributed by atoms with van der Waals surface area (Å²) in [7, 11) is -1.45. The molecule has 4 aromatic carbocycles. The lowest BCUT2D eigenvalue weighted by Crippen LogP contribution is -2.58. The van der Waals surface area contributed by atoms with Crippen LogP contribution in [0.2, 0.25) is 0 Å². The zero-order chi connectivity index (χ0) is 37.6. The Morgan fingerprint density at radius 2 is 1.56 bits per heavy atom. The minimum atomic E-state index is -3.98. The third-order valence-corrected chi connectivity index (χ3v) is 11.0. The number of amides is 2. The summed E-state index contributed by atoms with van der Waals surface area (Å²) < 4.78 is 97.5. The summed E-state index contributed by atoms with van der Waals surface area (Å²) in [5.74, 6) is -4.89. The number of benzene rings is 4. The maximum absolute atomic E-state index is 15.6. The lowest BCUT2D eigenvalue weighted by atomic mass is 9.84. The van der Waals surface area contributed by atoms with E-state index < -0.39 is 69.3 Å². The van der Waals surface area contributed by atoms with Crippen molar-refractivity contribution in [1.29, 1.82) is 0 Å². The molecule has 0 aromatic heterocycles. The third kappa shape index (κ3) is 8.72. The van der Waals surface area contributed by atoms with Crippen molar-refractivity contribution in [2.45, 2.75) is 48.7 Å². The number of halogens is 4. The molecular weight excluding hydrogens is 704 g/mol. The average molecular weight is 743 g/mol. The molecule has 0 radical (unpaired) electrons. The Hall–Kier alpha value is -4.99. The molecule has 2 amide bonds. The normalized spacial score (nSPS) is 17.5. The fraction of sp³-hybridized carbons (Fsp3) is 0.297. The quantitative estimate of drug-likeness (QED) is 0.158. The van der Waals surface area contributed by atoms with Gasteiger partial charge in [0.25, 0.3) is 0 Å². The lowest BCUT2D eigenvalue weighted by Gasteiger charge is -2.40. The molecule has 2 unspecified atom stereocenters. The number of rotatable bonds is 12. The Morgan fingerprint density at radius 3 is 2.19 bits per heavy atom. The van der Waals surface area contributed by atoms with E-state index in [1.165, 1.54) is 53.9 Å². The van der Waals surface area contributed by atoms with Gasteiger partial charge in [-0.15, -0.1) is 0 Å². The van der Waals surface area contributed by atoms with Crippen LogP contribution in [-0.4, -0.2) is 70.2 Å². The predicted octanol–water partition coefficient (Wildman–Crippen LogP) is 5.73. The maximum atomic E-state index is 15.6. The van der Waals surface area contributed by atoms with Crippen LogP contribution in [0.15, 0.2) is 89.8 Å². The summed E-state index contributed by atoms with van der Waals surface area (Å²) >= 11 is 0. The van der Waals surface area contributed by atoms with Crippen LogP contribution in [0, 0.1) is 23.3 Å². The number of nitrogens with one attached hydrogen (secondary N) is 3. The second kappa shape index (κ2) is 16.6. The third-order valence-electron chi connectivity index (χ3n) is 8.90. The van der Waals surface area contributed by atoms with E-state index in [0.717, 1.165) is 31.4 Å². The number of anilines is 1. The first-order valence-electron chi connectivity index (χ1n) is 16.3. The zero-order valence-electron chi connectivity index (χ0n) is 28.5. The van der Waals surface area contributed by atoms with Gasteiger partial charge in [-0.05, 0) is 91.6 Å². The molecule has 1 fully saturated rings. The van der Waals surface area contributed by atoms with E-state index in [1.807, 2.05) is 0 Å². The number of nitrogens with zero attached hydrogens (tertiary/aromatic N) is 1. The van der Waals surface area contributed by atoms with Crippen LogP contribution in [0.25, 0.3) is 0 Å². The van der Waals surface area contributed by atoms with Crippen molar-refractivity contribution in [1.82, 2.24) is 14.9 Å². The van der Waals surface area contributed by atoms with Gasteiger partial charge in [-0.3, -0.25) is 4.79 Å². The van der Waals surface area contributed by atoms with Gasteiger partial charge in [-0.1, -0.05) is 18.2 Å². The van der Waals surface area contributed by atoms with E-state index in [-0.39, 0.29) is 46.7 Å². The van der Waals surface area contributed by atoms with Gasteiger partial charge in [0, 0.05) is 48.4 Å². The molecule has 1 aliphatic rings. The van der Waals surface area contributed by atoms with Crippen LogP contribution in [0.3, 0.4) is 0 Å².